The third-order valence-corrected chi connectivity index (χ3v) is 8.24. The highest BCUT2D eigenvalue weighted by molar-refractivity contribution is 5.83. The molecule has 2 rings (SSSR count). The van der Waals surface area contributed by atoms with Crippen LogP contribution in [0.4, 0.5) is 0 Å². The minimum Gasteiger partial charge on any atom is -0.545 e. The van der Waals surface area contributed by atoms with E-state index in [1.807, 2.05) is 26.0 Å². The molecule has 46 heavy (non-hydrogen) atoms. The quantitative estimate of drug-likeness (QED) is 0.0653. The Balaban J connectivity index is 2.06. The third kappa shape index (κ3) is 11.3. The molecule has 0 radical (unpaired) electrons. The summed E-state index contributed by atoms with van der Waals surface area (Å²) < 4.78 is 23.1. The lowest BCUT2D eigenvalue weighted by Crippen LogP contribution is -2.65. The van der Waals surface area contributed by atoms with Gasteiger partial charge in [-0.05, 0) is 65.4 Å². The molecule has 12 atom stereocenters. The van der Waals surface area contributed by atoms with Crippen LogP contribution in [0, 0.1) is 0 Å². The minimum absolute atomic E-state index is 0.0246. The first-order valence-electron chi connectivity index (χ1n) is 15.4. The number of ether oxygens (including phenoxy) is 4. The number of hydrogen-bond acceptors (Lipinski definition) is 14. The number of carboxylic acids is 1. The number of carboxylic acid groups (broad SMARTS) is 1. The second-order valence-electron chi connectivity index (χ2n) is 12.2. The summed E-state index contributed by atoms with van der Waals surface area (Å²) in [5.74, 6) is -1.32. The summed E-state index contributed by atoms with van der Waals surface area (Å²) in [6, 6.07) is 0. The van der Waals surface area contributed by atoms with E-state index in [2.05, 4.69) is 6.58 Å². The van der Waals surface area contributed by atoms with E-state index in [0.717, 1.165) is 17.6 Å². The van der Waals surface area contributed by atoms with Crippen LogP contribution in [0.25, 0.3) is 0 Å². The number of carbonyl (C=O) groups excluding carboxylic acids is 1. The van der Waals surface area contributed by atoms with Crippen LogP contribution in [0.3, 0.4) is 0 Å². The first-order valence-corrected chi connectivity index (χ1v) is 15.4. The van der Waals surface area contributed by atoms with Crippen LogP contribution in [-0.2, 0) is 23.7 Å². The molecule has 2 fully saturated rings. The molecule has 2 heterocycles. The van der Waals surface area contributed by atoms with E-state index in [0.29, 0.717) is 25.7 Å². The van der Waals surface area contributed by atoms with E-state index < -0.39 is 92.3 Å². The molecule has 0 amide bonds. The molecular formula is C32H51O14-. The lowest BCUT2D eigenvalue weighted by Gasteiger charge is -2.47. The second kappa shape index (κ2) is 18.5. The van der Waals surface area contributed by atoms with Crippen molar-refractivity contribution in [1.82, 2.24) is 0 Å². The lowest BCUT2D eigenvalue weighted by atomic mass is 9.95. The molecular weight excluding hydrogens is 608 g/mol. The second-order valence-corrected chi connectivity index (χ2v) is 12.2. The fourth-order valence-corrected chi connectivity index (χ4v) is 5.19. The molecule has 0 aliphatic carbocycles. The van der Waals surface area contributed by atoms with Crippen LogP contribution in [0.1, 0.15) is 59.8 Å². The Labute approximate surface area is 269 Å². The molecule has 0 aromatic heterocycles. The van der Waals surface area contributed by atoms with E-state index in [1.165, 1.54) is 19.1 Å². The van der Waals surface area contributed by atoms with Crippen molar-refractivity contribution in [2.24, 2.45) is 0 Å². The van der Waals surface area contributed by atoms with Crippen molar-refractivity contribution < 1.29 is 69.7 Å². The molecule has 0 saturated carbocycles. The standard InChI is InChI=1S/C32H52O14/c1-6-32(5,12-8-11-17(2)9-7-10-18(3)13-20(35)14-19(4)29(41)42)46-31-28(26(39)24(37)22(16-34)44-31)45-30-27(40)25(38)23(36)21(15-33)43-30/h6,10-11,14,20-28,30-31,33-40H,1,7-9,12-13,15-16H2,2-5H3,(H,41,42)/p-1/b17-11+,18-10+,19-14+/t20?,21-,22-,23-,24-,25+,26+,27-,28-,30+,31+,32-/m1/s1. The smallest absolute Gasteiger partial charge is 0.188 e. The SMILES string of the molecule is C=C[C@](C)(CC/C=C(\C)CC/C=C(\C)CC(O)/C=C(\C)C(=O)[O-])O[C@@H]1O[C@H](CO)[C@@H](O)[C@H](O)[C@H]1O[C@@H]1O[C@H](CO)[C@@H](O)[C@H](O)[C@H]1O. The molecule has 14 heteroatoms. The maximum absolute atomic E-state index is 10.9. The van der Waals surface area contributed by atoms with Gasteiger partial charge in [0.05, 0.1) is 30.9 Å². The maximum Gasteiger partial charge on any atom is 0.188 e. The van der Waals surface area contributed by atoms with Crippen LogP contribution >= 0.6 is 0 Å². The average Bonchev–Trinajstić information content (AvgIpc) is 3.00. The molecule has 2 aliphatic heterocycles. The van der Waals surface area contributed by atoms with Gasteiger partial charge in [-0.15, -0.1) is 6.58 Å². The molecule has 8 N–H and O–H groups in total. The first kappa shape index (κ1) is 40.1. The fraction of sp³-hybridized carbons (Fsp3) is 0.719. The summed E-state index contributed by atoms with van der Waals surface area (Å²) in [6.45, 7) is 9.41. The minimum atomic E-state index is -1.78. The molecule has 2 aliphatic rings. The first-order chi connectivity index (χ1) is 21.6. The predicted molar refractivity (Wildman–Crippen MR) is 161 cm³/mol. The van der Waals surface area contributed by atoms with Gasteiger partial charge in [0.1, 0.15) is 48.8 Å². The number of rotatable bonds is 17. The van der Waals surface area contributed by atoms with Gasteiger partial charge in [-0.25, -0.2) is 0 Å². The molecule has 2 saturated heterocycles. The van der Waals surface area contributed by atoms with Gasteiger partial charge in [0.25, 0.3) is 0 Å². The topological polar surface area (TPSA) is 239 Å². The monoisotopic (exact) mass is 659 g/mol. The van der Waals surface area contributed by atoms with Gasteiger partial charge < -0.3 is 69.7 Å². The van der Waals surface area contributed by atoms with E-state index in [-0.39, 0.29) is 5.57 Å². The molecule has 0 aromatic carbocycles. The van der Waals surface area contributed by atoms with Gasteiger partial charge in [-0.1, -0.05) is 35.5 Å². The van der Waals surface area contributed by atoms with E-state index in [1.54, 1.807) is 6.92 Å². The van der Waals surface area contributed by atoms with Crippen LogP contribution in [0.2, 0.25) is 0 Å². The molecule has 0 aromatic rings. The van der Waals surface area contributed by atoms with Crippen LogP contribution in [0.15, 0.2) is 47.6 Å². The van der Waals surface area contributed by atoms with Gasteiger partial charge in [-0.3, -0.25) is 0 Å². The number of hydrogen-bond donors (Lipinski definition) is 8. The van der Waals surface area contributed by atoms with Gasteiger partial charge in [0.15, 0.2) is 12.6 Å². The summed E-state index contributed by atoms with van der Waals surface area (Å²) in [5, 5.41) is 92.2. The number of allylic oxidation sites excluding steroid dienone is 3. The van der Waals surface area contributed by atoms with Crippen molar-refractivity contribution in [3.8, 4) is 0 Å². The Hall–Kier alpha value is -2.05. The Bertz CT molecular complexity index is 1070. The van der Waals surface area contributed by atoms with Crippen LogP contribution < -0.4 is 5.11 Å². The summed E-state index contributed by atoms with van der Waals surface area (Å²) in [5.41, 5.74) is 0.907. The number of aliphatic hydroxyl groups is 8. The van der Waals surface area contributed by atoms with Crippen LogP contribution in [-0.4, -0.2) is 133 Å². The number of carbonyl (C=O) groups is 1. The molecule has 1 unspecified atom stereocenters. The van der Waals surface area contributed by atoms with Gasteiger partial charge in [-0.2, -0.15) is 0 Å². The number of aliphatic hydroxyl groups excluding tert-OH is 8. The number of aliphatic carboxylic acids is 1. The zero-order chi connectivity index (χ0) is 34.8. The normalized spacial score (nSPS) is 35.0. The van der Waals surface area contributed by atoms with Gasteiger partial charge >= 0.3 is 0 Å². The Kier molecular flexibility index (Phi) is 16.1. The zero-order valence-electron chi connectivity index (χ0n) is 26.8. The van der Waals surface area contributed by atoms with Gasteiger partial charge in [0.2, 0.25) is 0 Å². The van der Waals surface area contributed by atoms with Crippen molar-refractivity contribution in [1.29, 1.82) is 0 Å². The van der Waals surface area contributed by atoms with E-state index in [9.17, 15) is 50.8 Å². The predicted octanol–water partition coefficient (Wildman–Crippen LogP) is -1.53. The highest BCUT2D eigenvalue weighted by Gasteiger charge is 2.51. The summed E-state index contributed by atoms with van der Waals surface area (Å²) in [7, 11) is 0. The highest BCUT2D eigenvalue weighted by atomic mass is 16.8. The van der Waals surface area contributed by atoms with Crippen molar-refractivity contribution in [2.75, 3.05) is 13.2 Å². The molecule has 14 nitrogen and oxygen atoms in total. The largest absolute Gasteiger partial charge is 0.545 e. The lowest BCUT2D eigenvalue weighted by molar-refractivity contribution is -0.375. The molecule has 0 bridgehead atoms. The summed E-state index contributed by atoms with van der Waals surface area (Å²) in [6.07, 6.45) is -6.97. The van der Waals surface area contributed by atoms with Crippen molar-refractivity contribution in [3.63, 3.8) is 0 Å². The highest BCUT2D eigenvalue weighted by Crippen LogP contribution is 2.33. The molecule has 0 spiro atoms. The van der Waals surface area contributed by atoms with Crippen molar-refractivity contribution in [2.45, 2.75) is 133 Å². The van der Waals surface area contributed by atoms with E-state index in [4.69, 9.17) is 18.9 Å². The zero-order valence-corrected chi connectivity index (χ0v) is 26.8. The van der Waals surface area contributed by atoms with Gasteiger partial charge in [0, 0.05) is 0 Å². The van der Waals surface area contributed by atoms with Crippen LogP contribution in [0.5, 0.6) is 0 Å². The Morgan fingerprint density at radius 2 is 1.46 bits per heavy atom. The summed E-state index contributed by atoms with van der Waals surface area (Å²) >= 11 is 0. The van der Waals surface area contributed by atoms with Crippen molar-refractivity contribution >= 4 is 5.97 Å². The maximum atomic E-state index is 10.9. The summed E-state index contributed by atoms with van der Waals surface area (Å²) in [4.78, 5) is 10.8. The Morgan fingerprint density at radius 3 is 2.02 bits per heavy atom. The fourth-order valence-electron chi connectivity index (χ4n) is 5.19. The van der Waals surface area contributed by atoms with Crippen molar-refractivity contribution in [3.05, 3.63) is 47.6 Å². The average molecular weight is 660 g/mol. The molecule has 264 valence electrons. The third-order valence-electron chi connectivity index (χ3n) is 8.24. The van der Waals surface area contributed by atoms with E-state index >= 15 is 0 Å². The Morgan fingerprint density at radius 1 is 0.891 bits per heavy atom.